The zero-order valence-electron chi connectivity index (χ0n) is 19.2. The molecule has 0 unspecified atom stereocenters. The number of allylic oxidation sites excluding steroid dienone is 4. The number of carbonyl (C=O) groups is 2. The Hall–Kier alpha value is -2.61. The van der Waals surface area contributed by atoms with Gasteiger partial charge in [0.15, 0.2) is 23.1 Å². The van der Waals surface area contributed by atoms with Gasteiger partial charge in [0.25, 0.3) is 0 Å². The van der Waals surface area contributed by atoms with Crippen LogP contribution in [0.4, 0.5) is 0 Å². The van der Waals surface area contributed by atoms with Gasteiger partial charge < -0.3 is 14.2 Å². The molecule has 0 fully saturated rings. The Morgan fingerprint density at radius 2 is 1.56 bits per heavy atom. The fourth-order valence-electron chi connectivity index (χ4n) is 5.04. The lowest BCUT2D eigenvalue weighted by molar-refractivity contribution is -0.117. The summed E-state index contributed by atoms with van der Waals surface area (Å²) in [6.45, 7) is 2.84. The van der Waals surface area contributed by atoms with Gasteiger partial charge in [0, 0.05) is 42.7 Å². The highest BCUT2D eigenvalue weighted by atomic mass is 127. The summed E-state index contributed by atoms with van der Waals surface area (Å²) in [6, 6.07) is 14.0. The van der Waals surface area contributed by atoms with Crippen LogP contribution in [0.3, 0.4) is 0 Å². The predicted octanol–water partition coefficient (Wildman–Crippen LogP) is 6.40. The number of benzene rings is 2. The average Bonchev–Trinajstić information content (AvgIpc) is 2.83. The van der Waals surface area contributed by atoms with Gasteiger partial charge in [-0.15, -0.1) is 0 Å². The molecule has 2 aromatic carbocycles. The molecule has 0 amide bonds. The summed E-state index contributed by atoms with van der Waals surface area (Å²) in [6.07, 6.45) is 4.02. The van der Waals surface area contributed by atoms with Crippen LogP contribution in [0.1, 0.15) is 62.5 Å². The molecule has 0 N–H and O–H groups in total. The molecule has 0 saturated carbocycles. The van der Waals surface area contributed by atoms with E-state index in [1.807, 2.05) is 49.4 Å². The largest absolute Gasteiger partial charge is 0.490 e. The first-order valence-electron chi connectivity index (χ1n) is 11.9. The third-order valence-electron chi connectivity index (χ3n) is 6.53. The third-order valence-corrected chi connectivity index (χ3v) is 7.33. The van der Waals surface area contributed by atoms with Crippen molar-refractivity contribution in [3.05, 3.63) is 79.8 Å². The van der Waals surface area contributed by atoms with Crippen LogP contribution in [0.5, 0.6) is 11.5 Å². The Morgan fingerprint density at radius 1 is 0.912 bits per heavy atom. The first-order valence-corrected chi connectivity index (χ1v) is 13.0. The molecule has 1 heterocycles. The minimum Gasteiger partial charge on any atom is -0.490 e. The number of halogens is 1. The van der Waals surface area contributed by atoms with Crippen LogP contribution in [0.25, 0.3) is 0 Å². The standard InChI is InChI=1S/C28H27IO5/c1-2-32-24-15-18(14-19(29)28(24)33-16-17-8-4-3-5-9-17)25-26-20(30)10-6-12-22(26)34-23-13-7-11-21(31)27(23)25/h3-5,8-9,14-15,25H,2,6-7,10-13,16H2,1H3. The maximum Gasteiger partial charge on any atom is 0.174 e. The van der Waals surface area contributed by atoms with Crippen molar-refractivity contribution < 1.29 is 23.8 Å². The normalized spacial score (nSPS) is 18.4. The van der Waals surface area contributed by atoms with Gasteiger partial charge in [0.05, 0.1) is 10.2 Å². The Balaban J connectivity index is 1.58. The first kappa shape index (κ1) is 23.1. The molecule has 2 aliphatic carbocycles. The van der Waals surface area contributed by atoms with Gasteiger partial charge in [-0.3, -0.25) is 9.59 Å². The fourth-order valence-corrected chi connectivity index (χ4v) is 5.82. The molecule has 0 spiro atoms. The SMILES string of the molecule is CCOc1cc(C2C3=C(CCCC3=O)OC3=C2C(=O)CCC3)cc(I)c1OCc1ccccc1. The van der Waals surface area contributed by atoms with Crippen LogP contribution in [0.2, 0.25) is 0 Å². The molecule has 2 aromatic rings. The number of ketones is 2. The Kier molecular flexibility index (Phi) is 6.77. The van der Waals surface area contributed by atoms with Crippen molar-refractivity contribution in [1.29, 1.82) is 0 Å². The van der Waals surface area contributed by atoms with E-state index in [9.17, 15) is 9.59 Å². The number of carbonyl (C=O) groups excluding carboxylic acids is 2. The lowest BCUT2D eigenvalue weighted by Crippen LogP contribution is -2.30. The monoisotopic (exact) mass is 570 g/mol. The molecule has 0 radical (unpaired) electrons. The van der Waals surface area contributed by atoms with Gasteiger partial charge in [-0.05, 0) is 65.6 Å². The maximum atomic E-state index is 13.1. The van der Waals surface area contributed by atoms with E-state index in [0.717, 1.165) is 51.9 Å². The zero-order chi connectivity index (χ0) is 23.7. The fraction of sp³-hybridized carbons (Fsp3) is 0.357. The van der Waals surface area contributed by atoms with Crippen molar-refractivity contribution in [1.82, 2.24) is 0 Å². The topological polar surface area (TPSA) is 61.8 Å². The molecule has 0 saturated heterocycles. The number of hydrogen-bond donors (Lipinski definition) is 0. The number of rotatable bonds is 6. The first-order chi connectivity index (χ1) is 16.6. The van der Waals surface area contributed by atoms with E-state index in [0.29, 0.717) is 48.7 Å². The zero-order valence-corrected chi connectivity index (χ0v) is 21.4. The quantitative estimate of drug-likeness (QED) is 0.377. The molecular formula is C28H27IO5. The molecule has 3 aliphatic rings. The molecule has 0 aromatic heterocycles. The maximum absolute atomic E-state index is 13.1. The van der Waals surface area contributed by atoms with Crippen molar-refractivity contribution in [3.8, 4) is 11.5 Å². The molecule has 6 heteroatoms. The Bertz CT molecular complexity index is 1150. The summed E-state index contributed by atoms with van der Waals surface area (Å²) >= 11 is 2.26. The van der Waals surface area contributed by atoms with Crippen LogP contribution < -0.4 is 9.47 Å². The van der Waals surface area contributed by atoms with Gasteiger partial charge in [0.2, 0.25) is 0 Å². The predicted molar refractivity (Wildman–Crippen MR) is 137 cm³/mol. The van der Waals surface area contributed by atoms with E-state index in [1.54, 1.807) is 0 Å². The van der Waals surface area contributed by atoms with Crippen molar-refractivity contribution in [2.45, 2.75) is 58.0 Å². The van der Waals surface area contributed by atoms with Gasteiger partial charge >= 0.3 is 0 Å². The van der Waals surface area contributed by atoms with Gasteiger partial charge in [-0.25, -0.2) is 0 Å². The summed E-state index contributed by atoms with van der Waals surface area (Å²) in [4.78, 5) is 26.2. The van der Waals surface area contributed by atoms with E-state index in [4.69, 9.17) is 14.2 Å². The summed E-state index contributed by atoms with van der Waals surface area (Å²) in [5.41, 5.74) is 3.25. The minimum absolute atomic E-state index is 0.0774. The lowest BCUT2D eigenvalue weighted by Gasteiger charge is -2.36. The highest BCUT2D eigenvalue weighted by Gasteiger charge is 2.42. The highest BCUT2D eigenvalue weighted by Crippen LogP contribution is 2.49. The highest BCUT2D eigenvalue weighted by molar-refractivity contribution is 14.1. The molecule has 34 heavy (non-hydrogen) atoms. The van der Waals surface area contributed by atoms with Gasteiger partial charge in [0.1, 0.15) is 18.1 Å². The smallest absolute Gasteiger partial charge is 0.174 e. The van der Waals surface area contributed by atoms with Crippen LogP contribution in [-0.2, 0) is 20.9 Å². The number of hydrogen-bond acceptors (Lipinski definition) is 5. The van der Waals surface area contributed by atoms with Gasteiger partial charge in [-0.1, -0.05) is 30.3 Å². The van der Waals surface area contributed by atoms with Gasteiger partial charge in [-0.2, -0.15) is 0 Å². The number of Topliss-reactive ketones (excluding diaryl/α,β-unsaturated/α-hetero) is 2. The molecule has 5 nitrogen and oxygen atoms in total. The molecule has 5 rings (SSSR count). The molecule has 1 aliphatic heterocycles. The Labute approximate surface area is 213 Å². The van der Waals surface area contributed by atoms with Crippen LogP contribution in [-0.4, -0.2) is 18.2 Å². The third kappa shape index (κ3) is 4.40. The van der Waals surface area contributed by atoms with Crippen molar-refractivity contribution in [2.75, 3.05) is 6.61 Å². The molecular weight excluding hydrogens is 543 g/mol. The second kappa shape index (κ2) is 9.94. The molecule has 0 atom stereocenters. The summed E-state index contributed by atoms with van der Waals surface area (Å²) in [5, 5.41) is 0. The second-order valence-electron chi connectivity index (χ2n) is 8.80. The second-order valence-corrected chi connectivity index (χ2v) is 9.96. The van der Waals surface area contributed by atoms with E-state index < -0.39 is 5.92 Å². The summed E-state index contributed by atoms with van der Waals surface area (Å²) in [7, 11) is 0. The van der Waals surface area contributed by atoms with Crippen molar-refractivity contribution in [2.24, 2.45) is 0 Å². The van der Waals surface area contributed by atoms with E-state index in [1.165, 1.54) is 0 Å². The number of ether oxygens (including phenoxy) is 3. The lowest BCUT2D eigenvalue weighted by atomic mass is 9.73. The molecule has 0 bridgehead atoms. The average molecular weight is 570 g/mol. The van der Waals surface area contributed by atoms with Crippen molar-refractivity contribution in [3.63, 3.8) is 0 Å². The minimum atomic E-state index is -0.407. The van der Waals surface area contributed by atoms with Crippen LogP contribution in [0, 0.1) is 3.57 Å². The summed E-state index contributed by atoms with van der Waals surface area (Å²) < 4.78 is 19.2. The van der Waals surface area contributed by atoms with Crippen molar-refractivity contribution >= 4 is 34.2 Å². The summed E-state index contributed by atoms with van der Waals surface area (Å²) in [5.74, 6) is 2.54. The van der Waals surface area contributed by atoms with Crippen LogP contribution in [0.15, 0.2) is 65.1 Å². The van der Waals surface area contributed by atoms with E-state index in [2.05, 4.69) is 22.6 Å². The Morgan fingerprint density at radius 3 is 2.18 bits per heavy atom. The van der Waals surface area contributed by atoms with Crippen LogP contribution >= 0.6 is 22.6 Å². The van der Waals surface area contributed by atoms with E-state index >= 15 is 0 Å². The van der Waals surface area contributed by atoms with E-state index in [-0.39, 0.29) is 11.6 Å². The molecule has 176 valence electrons.